The summed E-state index contributed by atoms with van der Waals surface area (Å²) in [4.78, 5) is 33.0. The topological polar surface area (TPSA) is 108 Å². The van der Waals surface area contributed by atoms with Crippen molar-refractivity contribution in [2.45, 2.75) is 13.3 Å². The van der Waals surface area contributed by atoms with Crippen LogP contribution in [0.25, 0.3) is 6.08 Å². The van der Waals surface area contributed by atoms with Crippen LogP contribution in [0.2, 0.25) is 0 Å². The number of carbonyl (C=O) groups is 2. The molecular formula is C29H28N4O4S2. The summed E-state index contributed by atoms with van der Waals surface area (Å²) in [6.07, 6.45) is 1.32. The molecule has 8 nitrogen and oxygen atoms in total. The maximum atomic E-state index is 13.7. The van der Waals surface area contributed by atoms with Crippen molar-refractivity contribution in [2.24, 2.45) is 5.92 Å². The van der Waals surface area contributed by atoms with Crippen molar-refractivity contribution in [3.8, 4) is 0 Å². The Balaban J connectivity index is 1.57. The predicted octanol–water partition coefficient (Wildman–Crippen LogP) is 5.22. The summed E-state index contributed by atoms with van der Waals surface area (Å²) in [5, 5.41) is 6.46. The molecule has 39 heavy (non-hydrogen) atoms. The van der Waals surface area contributed by atoms with Crippen molar-refractivity contribution in [2.75, 3.05) is 16.8 Å². The Morgan fingerprint density at radius 1 is 0.949 bits per heavy atom. The van der Waals surface area contributed by atoms with Gasteiger partial charge in [-0.05, 0) is 42.8 Å². The molecule has 1 atom stereocenters. The van der Waals surface area contributed by atoms with Crippen LogP contribution in [0.1, 0.15) is 18.2 Å². The highest BCUT2D eigenvalue weighted by Crippen LogP contribution is 2.24. The summed E-state index contributed by atoms with van der Waals surface area (Å²) in [5.41, 5.74) is 2.61. The van der Waals surface area contributed by atoms with Gasteiger partial charge in [0.15, 0.2) is 5.13 Å². The summed E-state index contributed by atoms with van der Waals surface area (Å²) in [6.45, 7) is 2.09. The molecule has 4 aromatic rings. The standard InChI is InChI=1S/C29H28N4O4S2/c1-2-33(25-16-10-5-11-17-25)28(35)26(20-24-21-38-29(31-24)30-23-14-8-4-9-15-23)27(34)32-39(36,37)19-18-22-12-6-3-7-13-22/h3-19,21,26H,2,20H2,1H3,(H,30,31)(H,32,34)/b19-18+. The lowest BCUT2D eigenvalue weighted by atomic mass is 10.0. The number of hydrogen-bond donors (Lipinski definition) is 2. The fourth-order valence-electron chi connectivity index (χ4n) is 3.84. The van der Waals surface area contributed by atoms with Crippen molar-refractivity contribution in [3.63, 3.8) is 0 Å². The number of rotatable bonds is 11. The van der Waals surface area contributed by atoms with Gasteiger partial charge in [0, 0.05) is 29.7 Å². The van der Waals surface area contributed by atoms with Gasteiger partial charge in [-0.2, -0.15) is 0 Å². The fourth-order valence-corrected chi connectivity index (χ4v) is 5.41. The first-order valence-corrected chi connectivity index (χ1v) is 14.7. The molecule has 0 aliphatic carbocycles. The molecule has 4 rings (SSSR count). The van der Waals surface area contributed by atoms with Gasteiger partial charge < -0.3 is 10.2 Å². The van der Waals surface area contributed by atoms with Gasteiger partial charge in [-0.1, -0.05) is 66.7 Å². The van der Waals surface area contributed by atoms with Gasteiger partial charge >= 0.3 is 0 Å². The second-order valence-corrected chi connectivity index (χ2v) is 11.0. The van der Waals surface area contributed by atoms with E-state index in [2.05, 4.69) is 15.0 Å². The minimum Gasteiger partial charge on any atom is -0.332 e. The number of sulfonamides is 1. The number of para-hydroxylation sites is 2. The van der Waals surface area contributed by atoms with E-state index in [1.54, 1.807) is 60.8 Å². The summed E-state index contributed by atoms with van der Waals surface area (Å²) < 4.78 is 27.6. The number of carbonyl (C=O) groups excluding carboxylic acids is 2. The first-order valence-electron chi connectivity index (χ1n) is 12.3. The Morgan fingerprint density at radius 3 is 2.21 bits per heavy atom. The normalized spacial score (nSPS) is 12.1. The quantitative estimate of drug-likeness (QED) is 0.244. The Labute approximate surface area is 232 Å². The molecule has 0 aliphatic rings. The average molecular weight is 561 g/mol. The van der Waals surface area contributed by atoms with Gasteiger partial charge in [0.2, 0.25) is 11.8 Å². The molecule has 10 heteroatoms. The van der Waals surface area contributed by atoms with E-state index in [4.69, 9.17) is 0 Å². The lowest BCUT2D eigenvalue weighted by Crippen LogP contribution is -2.46. The van der Waals surface area contributed by atoms with Gasteiger partial charge in [0.05, 0.1) is 11.1 Å². The van der Waals surface area contributed by atoms with Crippen molar-refractivity contribution >= 4 is 55.8 Å². The van der Waals surface area contributed by atoms with Crippen LogP contribution in [0.3, 0.4) is 0 Å². The lowest BCUT2D eigenvalue weighted by molar-refractivity contribution is -0.132. The highest BCUT2D eigenvalue weighted by molar-refractivity contribution is 7.93. The largest absolute Gasteiger partial charge is 0.332 e. The van der Waals surface area contributed by atoms with E-state index < -0.39 is 27.8 Å². The molecule has 0 bridgehead atoms. The van der Waals surface area contributed by atoms with Crippen molar-refractivity contribution in [3.05, 3.63) is 113 Å². The van der Waals surface area contributed by atoms with Crippen LogP contribution in [-0.4, -0.2) is 31.8 Å². The van der Waals surface area contributed by atoms with Gasteiger partial charge in [-0.15, -0.1) is 11.3 Å². The van der Waals surface area contributed by atoms with Gasteiger partial charge in [0.25, 0.3) is 10.0 Å². The molecule has 0 saturated carbocycles. The van der Waals surface area contributed by atoms with Crippen LogP contribution in [0.15, 0.2) is 102 Å². The Kier molecular flexibility index (Phi) is 9.24. The van der Waals surface area contributed by atoms with Gasteiger partial charge in [-0.25, -0.2) is 18.1 Å². The van der Waals surface area contributed by atoms with Crippen LogP contribution in [0.4, 0.5) is 16.5 Å². The van der Waals surface area contributed by atoms with Crippen molar-refractivity contribution < 1.29 is 18.0 Å². The van der Waals surface area contributed by atoms with Crippen LogP contribution >= 0.6 is 11.3 Å². The molecule has 0 radical (unpaired) electrons. The number of aromatic nitrogens is 1. The molecule has 0 spiro atoms. The molecule has 200 valence electrons. The van der Waals surface area contributed by atoms with Crippen LogP contribution < -0.4 is 14.9 Å². The summed E-state index contributed by atoms with van der Waals surface area (Å²) >= 11 is 1.33. The molecule has 0 aliphatic heterocycles. The minimum atomic E-state index is -4.16. The maximum Gasteiger partial charge on any atom is 0.257 e. The van der Waals surface area contributed by atoms with E-state index in [1.807, 2.05) is 42.5 Å². The molecule has 1 unspecified atom stereocenters. The highest BCUT2D eigenvalue weighted by Gasteiger charge is 2.33. The first-order chi connectivity index (χ1) is 18.8. The van der Waals surface area contributed by atoms with E-state index in [0.29, 0.717) is 28.6 Å². The zero-order valence-electron chi connectivity index (χ0n) is 21.2. The molecule has 2 amide bonds. The monoisotopic (exact) mass is 560 g/mol. The van der Waals surface area contributed by atoms with E-state index >= 15 is 0 Å². The minimum absolute atomic E-state index is 0.0705. The lowest BCUT2D eigenvalue weighted by Gasteiger charge is -2.25. The fraction of sp³-hybridized carbons (Fsp3) is 0.138. The smallest absolute Gasteiger partial charge is 0.257 e. The van der Waals surface area contributed by atoms with E-state index in [9.17, 15) is 18.0 Å². The number of nitrogens with one attached hydrogen (secondary N) is 2. The summed E-state index contributed by atoms with van der Waals surface area (Å²) in [5.74, 6) is -2.76. The zero-order valence-corrected chi connectivity index (χ0v) is 22.9. The number of amides is 2. The Bertz CT molecular complexity index is 1520. The van der Waals surface area contributed by atoms with Gasteiger partial charge in [-0.3, -0.25) is 9.59 Å². The van der Waals surface area contributed by atoms with Crippen LogP contribution in [0.5, 0.6) is 0 Å². The second kappa shape index (κ2) is 13.0. The Hall–Kier alpha value is -4.28. The molecule has 3 aromatic carbocycles. The van der Waals surface area contributed by atoms with Crippen molar-refractivity contribution in [1.29, 1.82) is 0 Å². The van der Waals surface area contributed by atoms with E-state index in [0.717, 1.165) is 11.1 Å². The Morgan fingerprint density at radius 2 is 1.56 bits per heavy atom. The molecule has 1 aromatic heterocycles. The number of hydrogen-bond acceptors (Lipinski definition) is 7. The third kappa shape index (κ3) is 7.86. The van der Waals surface area contributed by atoms with E-state index in [1.165, 1.54) is 22.3 Å². The molecule has 2 N–H and O–H groups in total. The highest BCUT2D eigenvalue weighted by atomic mass is 32.2. The third-order valence-corrected chi connectivity index (χ3v) is 7.52. The first kappa shape index (κ1) is 27.7. The number of anilines is 3. The SMILES string of the molecule is CCN(C(=O)C(Cc1csc(Nc2ccccc2)n1)C(=O)NS(=O)(=O)/C=C/c1ccccc1)c1ccccc1. The number of nitrogens with zero attached hydrogens (tertiary/aromatic N) is 2. The van der Waals surface area contributed by atoms with Crippen LogP contribution in [0, 0.1) is 5.92 Å². The second-order valence-electron chi connectivity index (χ2n) is 8.53. The van der Waals surface area contributed by atoms with Crippen molar-refractivity contribution in [1.82, 2.24) is 9.71 Å². The predicted molar refractivity (Wildman–Crippen MR) is 156 cm³/mol. The molecular weight excluding hydrogens is 532 g/mol. The maximum absolute atomic E-state index is 13.7. The number of thiazole rings is 1. The average Bonchev–Trinajstić information content (AvgIpc) is 3.39. The van der Waals surface area contributed by atoms with Crippen LogP contribution in [-0.2, 0) is 26.0 Å². The zero-order chi connectivity index (χ0) is 27.7. The summed E-state index contributed by atoms with van der Waals surface area (Å²) in [7, 11) is -4.16. The number of benzene rings is 3. The third-order valence-electron chi connectivity index (χ3n) is 5.74. The molecule has 1 heterocycles. The molecule has 0 saturated heterocycles. The van der Waals surface area contributed by atoms with Gasteiger partial charge in [0.1, 0.15) is 5.92 Å². The molecule has 0 fully saturated rings. The summed E-state index contributed by atoms with van der Waals surface area (Å²) in [6, 6.07) is 27.3. The van der Waals surface area contributed by atoms with E-state index in [-0.39, 0.29) is 6.42 Å².